The second kappa shape index (κ2) is 6.29. The van der Waals surface area contributed by atoms with Crippen molar-refractivity contribution in [3.05, 3.63) is 35.9 Å². The van der Waals surface area contributed by atoms with Gasteiger partial charge in [0.15, 0.2) is 0 Å². The van der Waals surface area contributed by atoms with Crippen LogP contribution in [0.5, 0.6) is 0 Å². The van der Waals surface area contributed by atoms with Crippen LogP contribution in [-0.4, -0.2) is 55.0 Å². The Labute approximate surface area is 108 Å². The minimum absolute atomic E-state index is 0.152. The number of aliphatic hydroxyl groups is 1. The standard InChI is InChI=1S/C14H22N2O2/c1-16(8-7-11-5-3-2-4-6-11)9-13-14(17)12(15)10-18-13/h2-6,12-14,17H,7-10,15H2,1H3/t12-,13-,14+/m0/s1. The smallest absolute Gasteiger partial charge is 0.0987 e. The maximum absolute atomic E-state index is 9.81. The van der Waals surface area contributed by atoms with Gasteiger partial charge in [0.05, 0.1) is 24.9 Å². The molecule has 1 aliphatic rings. The Balaban J connectivity index is 1.74. The summed E-state index contributed by atoms with van der Waals surface area (Å²) in [6.07, 6.45) is 0.316. The Morgan fingerprint density at radius 3 is 2.72 bits per heavy atom. The van der Waals surface area contributed by atoms with Gasteiger partial charge in [-0.2, -0.15) is 0 Å². The molecule has 1 aromatic carbocycles. The summed E-state index contributed by atoms with van der Waals surface area (Å²) in [4.78, 5) is 2.18. The molecule has 1 heterocycles. The summed E-state index contributed by atoms with van der Waals surface area (Å²) in [5.41, 5.74) is 7.04. The van der Waals surface area contributed by atoms with Crippen LogP contribution in [0, 0.1) is 0 Å². The third-order valence-corrected chi connectivity index (χ3v) is 3.44. The zero-order valence-electron chi connectivity index (χ0n) is 10.8. The molecule has 0 radical (unpaired) electrons. The van der Waals surface area contributed by atoms with E-state index in [2.05, 4.69) is 29.2 Å². The van der Waals surface area contributed by atoms with E-state index >= 15 is 0 Å². The Hall–Kier alpha value is -0.940. The number of ether oxygens (including phenoxy) is 1. The van der Waals surface area contributed by atoms with Gasteiger partial charge in [0.25, 0.3) is 0 Å². The van der Waals surface area contributed by atoms with Gasteiger partial charge in [-0.25, -0.2) is 0 Å². The summed E-state index contributed by atoms with van der Waals surface area (Å²) in [6, 6.07) is 10.2. The summed E-state index contributed by atoms with van der Waals surface area (Å²) in [5.74, 6) is 0. The summed E-state index contributed by atoms with van der Waals surface area (Å²) in [7, 11) is 2.04. The molecule has 0 aromatic heterocycles. The second-order valence-electron chi connectivity index (χ2n) is 5.02. The van der Waals surface area contributed by atoms with E-state index in [0.717, 1.165) is 19.5 Å². The van der Waals surface area contributed by atoms with E-state index in [1.54, 1.807) is 0 Å². The fraction of sp³-hybridized carbons (Fsp3) is 0.571. The van der Waals surface area contributed by atoms with Crippen molar-refractivity contribution in [3.8, 4) is 0 Å². The lowest BCUT2D eigenvalue weighted by Crippen LogP contribution is -2.41. The molecule has 0 bridgehead atoms. The van der Waals surface area contributed by atoms with E-state index in [-0.39, 0.29) is 12.1 Å². The van der Waals surface area contributed by atoms with Crippen molar-refractivity contribution in [1.29, 1.82) is 0 Å². The fourth-order valence-electron chi connectivity index (χ4n) is 2.23. The van der Waals surface area contributed by atoms with Crippen LogP contribution in [0.4, 0.5) is 0 Å². The molecule has 4 nitrogen and oxygen atoms in total. The van der Waals surface area contributed by atoms with Gasteiger partial charge in [-0.3, -0.25) is 0 Å². The van der Waals surface area contributed by atoms with Crippen molar-refractivity contribution >= 4 is 0 Å². The maximum atomic E-state index is 9.81. The van der Waals surface area contributed by atoms with E-state index < -0.39 is 6.10 Å². The molecule has 18 heavy (non-hydrogen) atoms. The highest BCUT2D eigenvalue weighted by Gasteiger charge is 2.33. The first-order valence-corrected chi connectivity index (χ1v) is 6.44. The van der Waals surface area contributed by atoms with Crippen LogP contribution in [0.25, 0.3) is 0 Å². The Kier molecular flexibility index (Phi) is 4.72. The van der Waals surface area contributed by atoms with Crippen molar-refractivity contribution in [3.63, 3.8) is 0 Å². The average molecular weight is 250 g/mol. The highest BCUT2D eigenvalue weighted by Crippen LogP contribution is 2.13. The third-order valence-electron chi connectivity index (χ3n) is 3.44. The molecule has 0 saturated carbocycles. The molecular weight excluding hydrogens is 228 g/mol. The summed E-state index contributed by atoms with van der Waals surface area (Å²) < 4.78 is 5.48. The fourth-order valence-corrected chi connectivity index (χ4v) is 2.23. The molecule has 4 heteroatoms. The minimum Gasteiger partial charge on any atom is -0.389 e. The van der Waals surface area contributed by atoms with Gasteiger partial charge in [0.1, 0.15) is 0 Å². The van der Waals surface area contributed by atoms with E-state index in [9.17, 15) is 5.11 Å². The average Bonchev–Trinajstić information content (AvgIpc) is 2.70. The number of rotatable bonds is 5. The molecule has 2 rings (SSSR count). The third kappa shape index (κ3) is 3.53. The maximum Gasteiger partial charge on any atom is 0.0987 e. The normalized spacial score (nSPS) is 27.9. The molecule has 0 amide bonds. The van der Waals surface area contributed by atoms with Gasteiger partial charge < -0.3 is 20.5 Å². The quantitative estimate of drug-likeness (QED) is 0.786. The van der Waals surface area contributed by atoms with Gasteiger partial charge in [-0.05, 0) is 19.0 Å². The lowest BCUT2D eigenvalue weighted by Gasteiger charge is -2.22. The van der Waals surface area contributed by atoms with E-state index in [4.69, 9.17) is 10.5 Å². The number of benzene rings is 1. The highest BCUT2D eigenvalue weighted by molar-refractivity contribution is 5.14. The van der Waals surface area contributed by atoms with Crippen LogP contribution >= 0.6 is 0 Å². The van der Waals surface area contributed by atoms with Crippen LogP contribution in [0.1, 0.15) is 5.56 Å². The van der Waals surface area contributed by atoms with Gasteiger partial charge >= 0.3 is 0 Å². The van der Waals surface area contributed by atoms with Crippen molar-refractivity contribution < 1.29 is 9.84 Å². The van der Waals surface area contributed by atoms with E-state index in [0.29, 0.717) is 6.61 Å². The minimum atomic E-state index is -0.538. The topological polar surface area (TPSA) is 58.7 Å². The predicted molar refractivity (Wildman–Crippen MR) is 71.4 cm³/mol. The lowest BCUT2D eigenvalue weighted by atomic mass is 10.1. The van der Waals surface area contributed by atoms with E-state index in [1.807, 2.05) is 13.1 Å². The number of likely N-dealkylation sites (N-methyl/N-ethyl adjacent to an activating group) is 1. The molecule has 0 unspecified atom stereocenters. The molecule has 0 aliphatic carbocycles. The number of nitrogens with zero attached hydrogens (tertiary/aromatic N) is 1. The van der Waals surface area contributed by atoms with Gasteiger partial charge in [0.2, 0.25) is 0 Å². The molecular formula is C14H22N2O2. The number of nitrogens with two attached hydrogens (primary N) is 1. The zero-order chi connectivity index (χ0) is 13.0. The molecule has 0 spiro atoms. The Morgan fingerprint density at radius 1 is 1.39 bits per heavy atom. The second-order valence-corrected chi connectivity index (χ2v) is 5.02. The zero-order valence-corrected chi connectivity index (χ0v) is 10.8. The van der Waals surface area contributed by atoms with Crippen molar-refractivity contribution in [2.75, 3.05) is 26.7 Å². The van der Waals surface area contributed by atoms with Crippen LogP contribution in [0.3, 0.4) is 0 Å². The van der Waals surface area contributed by atoms with Crippen molar-refractivity contribution in [2.45, 2.75) is 24.7 Å². The summed E-state index contributed by atoms with van der Waals surface area (Å²) in [5, 5.41) is 9.81. The summed E-state index contributed by atoms with van der Waals surface area (Å²) in [6.45, 7) is 2.13. The largest absolute Gasteiger partial charge is 0.389 e. The lowest BCUT2D eigenvalue weighted by molar-refractivity contribution is 0.0210. The molecule has 100 valence electrons. The van der Waals surface area contributed by atoms with Crippen LogP contribution < -0.4 is 5.73 Å². The molecule has 3 N–H and O–H groups in total. The molecule has 3 atom stereocenters. The van der Waals surface area contributed by atoms with Crippen molar-refractivity contribution in [2.24, 2.45) is 5.73 Å². The van der Waals surface area contributed by atoms with Gasteiger partial charge in [-0.15, -0.1) is 0 Å². The molecule has 1 saturated heterocycles. The summed E-state index contributed by atoms with van der Waals surface area (Å²) >= 11 is 0. The van der Waals surface area contributed by atoms with Crippen LogP contribution in [-0.2, 0) is 11.2 Å². The van der Waals surface area contributed by atoms with Crippen LogP contribution in [0.2, 0.25) is 0 Å². The first kappa shape index (κ1) is 13.5. The predicted octanol–water partition coefficient (Wildman–Crippen LogP) is 0.248. The number of hydrogen-bond donors (Lipinski definition) is 2. The first-order valence-electron chi connectivity index (χ1n) is 6.44. The van der Waals surface area contributed by atoms with Gasteiger partial charge in [-0.1, -0.05) is 30.3 Å². The number of hydrogen-bond acceptors (Lipinski definition) is 4. The Bertz CT molecular complexity index is 358. The van der Waals surface area contributed by atoms with E-state index in [1.165, 1.54) is 5.56 Å². The van der Waals surface area contributed by atoms with Crippen LogP contribution in [0.15, 0.2) is 30.3 Å². The molecule has 1 fully saturated rings. The van der Waals surface area contributed by atoms with Crippen molar-refractivity contribution in [1.82, 2.24) is 4.90 Å². The Morgan fingerprint density at radius 2 is 2.11 bits per heavy atom. The van der Waals surface area contributed by atoms with Gasteiger partial charge in [0, 0.05) is 13.1 Å². The SMILES string of the molecule is CN(CCc1ccccc1)C[C@@H]1OC[C@H](N)[C@H]1O. The highest BCUT2D eigenvalue weighted by atomic mass is 16.5. The first-order chi connectivity index (χ1) is 8.66. The number of aliphatic hydroxyl groups excluding tert-OH is 1. The molecule has 1 aliphatic heterocycles. The molecule has 1 aromatic rings. The monoisotopic (exact) mass is 250 g/mol.